The number of nitrogens with one attached hydrogen (secondary N) is 1. The minimum absolute atomic E-state index is 0.0352. The highest BCUT2D eigenvalue weighted by atomic mass is 19.1. The van der Waals surface area contributed by atoms with Crippen molar-refractivity contribution in [1.82, 2.24) is 14.9 Å². The van der Waals surface area contributed by atoms with Gasteiger partial charge < -0.3 is 24.8 Å². The minimum atomic E-state index is -0.937. The maximum atomic E-state index is 14.1. The molecule has 2 amide bonds. The molecule has 0 aliphatic carbocycles. The molecule has 1 fully saturated rings. The molecule has 2 aliphatic heterocycles. The number of pyridine rings is 1. The largest absolute Gasteiger partial charge is 0.487 e. The molecule has 0 radical (unpaired) electrons. The SMILES string of the molecule is CCCCOc1c2n(cc(C(=O)NCc3ccc(F)cc3F)c1=O)N(CCO)C1(CCOC1)N(C)C2=O. The second kappa shape index (κ2) is 10.9. The van der Waals surface area contributed by atoms with Crippen LogP contribution in [0.4, 0.5) is 8.78 Å². The summed E-state index contributed by atoms with van der Waals surface area (Å²) in [5.74, 6) is -3.17. The molecule has 1 spiro atoms. The van der Waals surface area contributed by atoms with Crippen molar-refractivity contribution in [3.63, 3.8) is 0 Å². The molecular formula is C25H30F2N4O6. The van der Waals surface area contributed by atoms with Gasteiger partial charge in [-0.3, -0.25) is 24.1 Å². The van der Waals surface area contributed by atoms with Gasteiger partial charge in [-0.1, -0.05) is 19.4 Å². The Balaban J connectivity index is 1.79. The molecule has 10 nitrogen and oxygen atoms in total. The Hall–Kier alpha value is -3.51. The Morgan fingerprint density at radius 2 is 2.08 bits per heavy atom. The molecule has 1 aromatic carbocycles. The number of carbonyl (C=O) groups is 2. The smallest absolute Gasteiger partial charge is 0.278 e. The first-order chi connectivity index (χ1) is 17.7. The van der Waals surface area contributed by atoms with E-state index in [1.165, 1.54) is 21.8 Å². The van der Waals surface area contributed by atoms with Gasteiger partial charge in [-0.25, -0.2) is 8.78 Å². The fraction of sp³-hybridized carbons (Fsp3) is 0.480. The van der Waals surface area contributed by atoms with Crippen LogP contribution in [0.1, 0.15) is 52.6 Å². The van der Waals surface area contributed by atoms with Crippen molar-refractivity contribution in [3.8, 4) is 5.75 Å². The zero-order valence-corrected chi connectivity index (χ0v) is 20.8. The maximum Gasteiger partial charge on any atom is 0.278 e. The van der Waals surface area contributed by atoms with Gasteiger partial charge in [-0.05, 0) is 12.5 Å². The number of rotatable bonds is 9. The Labute approximate surface area is 212 Å². The summed E-state index contributed by atoms with van der Waals surface area (Å²) >= 11 is 0. The highest BCUT2D eigenvalue weighted by molar-refractivity contribution is 5.99. The molecule has 0 bridgehead atoms. The number of aromatic nitrogens is 1. The van der Waals surface area contributed by atoms with E-state index in [9.17, 15) is 28.3 Å². The van der Waals surface area contributed by atoms with E-state index >= 15 is 0 Å². The molecule has 37 heavy (non-hydrogen) atoms. The number of carbonyl (C=O) groups excluding carboxylic acids is 2. The number of hydrogen-bond donors (Lipinski definition) is 2. The number of nitrogens with zero attached hydrogens (tertiary/aromatic N) is 3. The van der Waals surface area contributed by atoms with Gasteiger partial charge in [0.05, 0.1) is 33.0 Å². The molecule has 1 atom stereocenters. The second-order valence-electron chi connectivity index (χ2n) is 9.01. The molecule has 200 valence electrons. The van der Waals surface area contributed by atoms with E-state index in [1.807, 2.05) is 6.92 Å². The molecule has 2 N–H and O–H groups in total. The first-order valence-electron chi connectivity index (χ1n) is 12.1. The molecule has 1 unspecified atom stereocenters. The van der Waals surface area contributed by atoms with Crippen LogP contribution in [0, 0.1) is 11.6 Å². The lowest BCUT2D eigenvalue weighted by Crippen LogP contribution is -2.70. The number of unbranched alkanes of at least 4 members (excludes halogenated alkanes) is 1. The molecule has 2 aliphatic rings. The fourth-order valence-electron chi connectivity index (χ4n) is 4.66. The third-order valence-corrected chi connectivity index (χ3v) is 6.75. The number of amides is 2. The lowest BCUT2D eigenvalue weighted by Gasteiger charge is -2.52. The number of hydrogen-bond acceptors (Lipinski definition) is 7. The first-order valence-corrected chi connectivity index (χ1v) is 12.1. The molecule has 4 rings (SSSR count). The summed E-state index contributed by atoms with van der Waals surface area (Å²) in [4.78, 5) is 41.6. The van der Waals surface area contributed by atoms with E-state index < -0.39 is 34.5 Å². The van der Waals surface area contributed by atoms with Gasteiger partial charge in [0.1, 0.15) is 17.2 Å². The van der Waals surface area contributed by atoms with Crippen LogP contribution in [-0.2, 0) is 11.3 Å². The number of ether oxygens (including phenoxy) is 2. The van der Waals surface area contributed by atoms with Crippen molar-refractivity contribution in [3.05, 3.63) is 63.1 Å². The number of aliphatic hydroxyl groups excluding tert-OH is 1. The van der Waals surface area contributed by atoms with Gasteiger partial charge in [0.15, 0.2) is 17.1 Å². The van der Waals surface area contributed by atoms with Gasteiger partial charge >= 0.3 is 0 Å². The Bertz CT molecular complexity index is 1240. The van der Waals surface area contributed by atoms with Crippen molar-refractivity contribution in [2.45, 2.75) is 38.4 Å². The van der Waals surface area contributed by atoms with Crippen LogP contribution in [0.5, 0.6) is 5.75 Å². The molecule has 2 aromatic rings. The van der Waals surface area contributed by atoms with Crippen molar-refractivity contribution >= 4 is 11.8 Å². The summed E-state index contributed by atoms with van der Waals surface area (Å²) in [6.45, 7) is 2.15. The van der Waals surface area contributed by atoms with Crippen molar-refractivity contribution < 1.29 is 33.0 Å². The van der Waals surface area contributed by atoms with E-state index in [1.54, 1.807) is 12.1 Å². The molecule has 1 aromatic heterocycles. The van der Waals surface area contributed by atoms with Crippen LogP contribution >= 0.6 is 0 Å². The van der Waals surface area contributed by atoms with E-state index in [4.69, 9.17) is 9.47 Å². The van der Waals surface area contributed by atoms with Crippen molar-refractivity contribution in [2.24, 2.45) is 0 Å². The van der Waals surface area contributed by atoms with E-state index in [-0.39, 0.29) is 55.5 Å². The highest BCUT2D eigenvalue weighted by Gasteiger charge is 2.52. The quantitative estimate of drug-likeness (QED) is 0.480. The highest BCUT2D eigenvalue weighted by Crippen LogP contribution is 2.35. The van der Waals surface area contributed by atoms with Gasteiger partial charge in [0, 0.05) is 37.8 Å². The molecule has 1 saturated heterocycles. The summed E-state index contributed by atoms with van der Waals surface area (Å²) in [6.07, 6.45) is 3.07. The number of benzene rings is 1. The first kappa shape index (κ1) is 26.6. The van der Waals surface area contributed by atoms with Crippen LogP contribution in [-0.4, -0.2) is 72.2 Å². The predicted molar refractivity (Wildman–Crippen MR) is 129 cm³/mol. The number of fused-ring (bicyclic) bond motifs is 1. The van der Waals surface area contributed by atoms with Crippen LogP contribution in [0.2, 0.25) is 0 Å². The molecular weight excluding hydrogens is 490 g/mol. The summed E-state index contributed by atoms with van der Waals surface area (Å²) in [5.41, 5.74) is -2.08. The van der Waals surface area contributed by atoms with Gasteiger partial charge in [0.2, 0.25) is 5.43 Å². The van der Waals surface area contributed by atoms with Crippen LogP contribution in [0.3, 0.4) is 0 Å². The standard InChI is InChI=1S/C25H30F2N4O6/c1-3-4-10-37-22-20-24(35)29(2)25(7-11-36-15-25)31(8-9-32)30(20)14-18(21(22)33)23(34)28-13-16-5-6-17(26)12-19(16)27/h5-6,12,14,32H,3-4,7-11,13,15H2,1-2H3,(H,28,34). The zero-order valence-electron chi connectivity index (χ0n) is 20.8. The topological polar surface area (TPSA) is 113 Å². The summed E-state index contributed by atoms with van der Waals surface area (Å²) < 4.78 is 40.1. The fourth-order valence-corrected chi connectivity index (χ4v) is 4.66. The average molecular weight is 521 g/mol. The maximum absolute atomic E-state index is 14.1. The predicted octanol–water partition coefficient (Wildman–Crippen LogP) is 1.37. The lowest BCUT2D eigenvalue weighted by molar-refractivity contribution is 0.0280. The van der Waals surface area contributed by atoms with Crippen LogP contribution in [0.25, 0.3) is 0 Å². The summed E-state index contributed by atoms with van der Waals surface area (Å²) in [6, 6.07) is 2.97. The van der Waals surface area contributed by atoms with Gasteiger partial charge in [-0.15, -0.1) is 0 Å². The molecule has 0 saturated carbocycles. The number of aliphatic hydroxyl groups is 1. The normalized spacial score (nSPS) is 18.9. The van der Waals surface area contributed by atoms with Crippen LogP contribution in [0.15, 0.2) is 29.2 Å². The lowest BCUT2D eigenvalue weighted by atomic mass is 10.0. The van der Waals surface area contributed by atoms with E-state index in [0.29, 0.717) is 25.5 Å². The van der Waals surface area contributed by atoms with E-state index in [0.717, 1.165) is 12.5 Å². The zero-order chi connectivity index (χ0) is 26.7. The summed E-state index contributed by atoms with van der Waals surface area (Å²) in [5, 5.41) is 14.0. The van der Waals surface area contributed by atoms with E-state index in [2.05, 4.69) is 5.32 Å². The third-order valence-electron chi connectivity index (χ3n) is 6.75. The van der Waals surface area contributed by atoms with Gasteiger partial charge in [-0.2, -0.15) is 0 Å². The van der Waals surface area contributed by atoms with Crippen LogP contribution < -0.4 is 20.5 Å². The molecule has 12 heteroatoms. The molecule has 3 heterocycles. The minimum Gasteiger partial charge on any atom is -0.487 e. The van der Waals surface area contributed by atoms with Crippen molar-refractivity contribution in [1.29, 1.82) is 0 Å². The Kier molecular flexibility index (Phi) is 7.79. The second-order valence-corrected chi connectivity index (χ2v) is 9.01. The van der Waals surface area contributed by atoms with Gasteiger partial charge in [0.25, 0.3) is 11.8 Å². The average Bonchev–Trinajstić information content (AvgIpc) is 3.36. The summed E-state index contributed by atoms with van der Waals surface area (Å²) in [7, 11) is 1.60. The monoisotopic (exact) mass is 520 g/mol. The Morgan fingerprint density at radius 1 is 1.30 bits per heavy atom. The number of β-amino-alcohol motifs (C(OH)–C–C–N with tert-alkyl or cyclic N) is 1. The van der Waals surface area contributed by atoms with Crippen molar-refractivity contribution in [2.75, 3.05) is 45.0 Å². The Morgan fingerprint density at radius 3 is 2.73 bits per heavy atom. The number of likely N-dealkylation sites (N-methyl/N-ethyl adjacent to an activating group) is 1. The third kappa shape index (κ3) is 4.78. The number of halogens is 2.